The molecule has 6 rings (SSSR count). The lowest BCUT2D eigenvalue weighted by molar-refractivity contribution is -0.137. The van der Waals surface area contributed by atoms with Crippen molar-refractivity contribution in [1.82, 2.24) is 35.4 Å². The molecule has 57 heavy (non-hydrogen) atoms. The van der Waals surface area contributed by atoms with E-state index in [0.29, 0.717) is 73.0 Å². The van der Waals surface area contributed by atoms with Gasteiger partial charge in [-0.2, -0.15) is 13.2 Å². The summed E-state index contributed by atoms with van der Waals surface area (Å²) < 4.78 is 48.5. The smallest absolute Gasteiger partial charge is 0.417 e. The summed E-state index contributed by atoms with van der Waals surface area (Å²) in [5, 5.41) is 7.74. The molecule has 2 aromatic heterocycles. The number of rotatable bonds is 9. The first kappa shape index (κ1) is 40.5. The number of alkyl carbamates (subject to hydrolysis) is 1. The van der Waals surface area contributed by atoms with E-state index >= 15 is 0 Å². The average Bonchev–Trinajstić information content (AvgIpc) is 3.86. The van der Waals surface area contributed by atoms with E-state index in [0.717, 1.165) is 6.07 Å². The number of nitrogens with zero attached hydrogens (tertiary/aromatic N) is 5. The number of alkyl halides is 3. The molecule has 14 nitrogen and oxygen atoms in total. The fourth-order valence-corrected chi connectivity index (χ4v) is 7.42. The number of hydrogen-bond acceptors (Lipinski definition) is 8. The second kappa shape index (κ2) is 16.9. The number of H-pyrrole nitrogens is 1. The molecule has 2 aliphatic heterocycles. The van der Waals surface area contributed by atoms with Gasteiger partial charge in [0.05, 0.1) is 30.0 Å². The predicted molar refractivity (Wildman–Crippen MR) is 208 cm³/mol. The molecule has 0 spiro atoms. The Morgan fingerprint density at radius 1 is 0.982 bits per heavy atom. The summed E-state index contributed by atoms with van der Waals surface area (Å²) in [5.41, 5.74) is 1.38. The first-order chi connectivity index (χ1) is 27.2. The fraction of sp³-hybridized carbons (Fsp3) is 0.400. The Hall–Kier alpha value is -6.13. The summed E-state index contributed by atoms with van der Waals surface area (Å²) in [4.78, 5) is 67.6. The van der Waals surface area contributed by atoms with Crippen LogP contribution in [0.3, 0.4) is 0 Å². The number of aromatic amines is 1. The molecule has 4 aromatic rings. The quantitative estimate of drug-likeness (QED) is 0.158. The zero-order valence-corrected chi connectivity index (χ0v) is 32.4. The largest absolute Gasteiger partial charge is 0.453 e. The molecule has 5 amide bonds. The Bertz CT molecular complexity index is 2110. The van der Waals surface area contributed by atoms with Crippen LogP contribution in [0.15, 0.2) is 60.9 Å². The molecule has 2 aromatic carbocycles. The van der Waals surface area contributed by atoms with Crippen molar-refractivity contribution in [1.29, 1.82) is 0 Å². The molecule has 3 atom stereocenters. The highest BCUT2D eigenvalue weighted by atomic mass is 19.4. The van der Waals surface area contributed by atoms with E-state index in [9.17, 15) is 32.3 Å². The molecule has 0 saturated carbocycles. The van der Waals surface area contributed by atoms with Crippen LogP contribution < -0.4 is 20.9 Å². The van der Waals surface area contributed by atoms with Gasteiger partial charge in [0, 0.05) is 62.9 Å². The second-order valence-electron chi connectivity index (χ2n) is 14.3. The van der Waals surface area contributed by atoms with E-state index in [4.69, 9.17) is 4.98 Å². The summed E-state index contributed by atoms with van der Waals surface area (Å²) >= 11 is 0. The molecule has 4 heterocycles. The fourth-order valence-electron chi connectivity index (χ4n) is 7.42. The molecular formula is C40H46F3N9O5. The van der Waals surface area contributed by atoms with Gasteiger partial charge in [-0.05, 0) is 66.6 Å². The molecule has 0 aliphatic carbocycles. The number of benzene rings is 2. The Morgan fingerprint density at radius 2 is 1.72 bits per heavy atom. The number of imidazole rings is 1. The Labute approximate surface area is 328 Å². The lowest BCUT2D eigenvalue weighted by Crippen LogP contribution is -2.56. The van der Waals surface area contributed by atoms with Crippen LogP contribution in [0.1, 0.15) is 60.5 Å². The highest BCUT2D eigenvalue weighted by Gasteiger charge is 2.37. The first-order valence-electron chi connectivity index (χ1n) is 18.7. The molecule has 2 aliphatic rings. The third-order valence-electron chi connectivity index (χ3n) is 10.4. The van der Waals surface area contributed by atoms with Gasteiger partial charge in [-0.3, -0.25) is 9.59 Å². The molecular weight excluding hydrogens is 743 g/mol. The van der Waals surface area contributed by atoms with Crippen molar-refractivity contribution in [3.05, 3.63) is 83.4 Å². The number of likely N-dealkylation sites (tertiary alicyclic amines) is 1. The molecule has 3 unspecified atom stereocenters. The van der Waals surface area contributed by atoms with Gasteiger partial charge in [-0.1, -0.05) is 38.1 Å². The lowest BCUT2D eigenvalue weighted by Gasteiger charge is -2.40. The van der Waals surface area contributed by atoms with Gasteiger partial charge in [0.2, 0.25) is 5.91 Å². The summed E-state index contributed by atoms with van der Waals surface area (Å²) in [6.45, 7) is 7.64. The Morgan fingerprint density at radius 3 is 2.35 bits per heavy atom. The van der Waals surface area contributed by atoms with Gasteiger partial charge in [0.1, 0.15) is 18.2 Å². The SMILES string of the molecule is CCc1cc(-c2ccc(-c3c[nH]c(C4CC(C)CN4C(=O)CNC(=O)OC)n3)cc2)c(C(F)(F)F)cc1NC(=O)c1ccc(N2CCN(C(=O)NC)C(C)C2)nc1. The van der Waals surface area contributed by atoms with E-state index in [1.165, 1.54) is 19.4 Å². The molecule has 302 valence electrons. The minimum absolute atomic E-state index is 0.0296. The number of ether oxygens (including phenoxy) is 1. The highest BCUT2D eigenvalue weighted by Crippen LogP contribution is 2.41. The summed E-state index contributed by atoms with van der Waals surface area (Å²) in [5.74, 6) is 0.516. The molecule has 2 fully saturated rings. The van der Waals surface area contributed by atoms with Crippen LogP contribution in [0.25, 0.3) is 22.4 Å². The summed E-state index contributed by atoms with van der Waals surface area (Å²) in [6.07, 6.45) is -1.34. The van der Waals surface area contributed by atoms with Crippen LogP contribution in [0.4, 0.5) is 34.3 Å². The second-order valence-corrected chi connectivity index (χ2v) is 14.3. The number of amides is 5. The van der Waals surface area contributed by atoms with Crippen molar-refractivity contribution < 1.29 is 37.1 Å². The van der Waals surface area contributed by atoms with Crippen molar-refractivity contribution in [2.24, 2.45) is 5.92 Å². The number of pyridine rings is 1. The Kier molecular flexibility index (Phi) is 12.0. The van der Waals surface area contributed by atoms with E-state index < -0.39 is 23.7 Å². The number of aryl methyl sites for hydroxylation is 1. The third kappa shape index (κ3) is 8.97. The normalized spacial score (nSPS) is 18.3. The summed E-state index contributed by atoms with van der Waals surface area (Å²) in [6, 6.07) is 11.7. The van der Waals surface area contributed by atoms with E-state index in [1.807, 2.05) is 18.7 Å². The van der Waals surface area contributed by atoms with Gasteiger partial charge in [-0.25, -0.2) is 19.6 Å². The van der Waals surface area contributed by atoms with Crippen molar-refractivity contribution in [3.8, 4) is 22.4 Å². The van der Waals surface area contributed by atoms with Crippen LogP contribution in [0, 0.1) is 5.92 Å². The first-order valence-corrected chi connectivity index (χ1v) is 18.7. The standard InChI is InChI=1S/C40H46F3N9O5/c1-6-25-16-29(26-7-9-27(10-8-26)32-19-46-36(48-32)33-15-23(2)21-52(33)35(53)20-47-39(56)57-5)30(40(41,42)43)17-31(25)49-37(54)28-11-12-34(45-18-28)50-13-14-51(24(3)22-50)38(55)44-4/h7-12,16-19,23-24,33H,6,13-15,20-22H2,1-5H3,(H,44,55)(H,46,48)(H,47,56)(H,49,54). The van der Waals surface area contributed by atoms with Gasteiger partial charge in [-0.15, -0.1) is 0 Å². The van der Waals surface area contributed by atoms with Crippen LogP contribution in [0.2, 0.25) is 0 Å². The molecule has 2 saturated heterocycles. The van der Waals surface area contributed by atoms with Gasteiger partial charge in [0.25, 0.3) is 5.91 Å². The van der Waals surface area contributed by atoms with Gasteiger partial charge in [0.15, 0.2) is 0 Å². The maximum Gasteiger partial charge on any atom is 0.417 e. The third-order valence-corrected chi connectivity index (χ3v) is 10.4. The summed E-state index contributed by atoms with van der Waals surface area (Å²) in [7, 11) is 2.80. The van der Waals surface area contributed by atoms with Crippen LogP contribution in [0.5, 0.6) is 0 Å². The predicted octanol–water partition coefficient (Wildman–Crippen LogP) is 6.09. The van der Waals surface area contributed by atoms with E-state index in [-0.39, 0.29) is 53.3 Å². The minimum Gasteiger partial charge on any atom is -0.453 e. The Balaban J connectivity index is 1.17. The van der Waals surface area contributed by atoms with Crippen molar-refractivity contribution >= 4 is 35.4 Å². The van der Waals surface area contributed by atoms with Crippen molar-refractivity contribution in [3.63, 3.8) is 0 Å². The van der Waals surface area contributed by atoms with Crippen molar-refractivity contribution in [2.45, 2.75) is 51.9 Å². The maximum absolute atomic E-state index is 14.6. The minimum atomic E-state index is -4.73. The number of halogens is 3. The number of piperazine rings is 1. The van der Waals surface area contributed by atoms with Crippen LogP contribution in [-0.4, -0.2) is 102 Å². The average molecular weight is 790 g/mol. The zero-order chi connectivity index (χ0) is 41.0. The topological polar surface area (TPSA) is 165 Å². The molecule has 0 bridgehead atoms. The monoisotopic (exact) mass is 789 g/mol. The van der Waals surface area contributed by atoms with Gasteiger partial charge < -0.3 is 40.4 Å². The number of carbonyl (C=O) groups is 4. The van der Waals surface area contributed by atoms with E-state index in [2.05, 4.69) is 30.7 Å². The molecule has 17 heteroatoms. The van der Waals surface area contributed by atoms with Crippen LogP contribution >= 0.6 is 0 Å². The lowest BCUT2D eigenvalue weighted by atomic mass is 9.93. The van der Waals surface area contributed by atoms with Crippen molar-refractivity contribution in [2.75, 3.05) is 57.1 Å². The molecule has 0 radical (unpaired) electrons. The van der Waals surface area contributed by atoms with Crippen LogP contribution in [-0.2, 0) is 22.1 Å². The number of hydrogen-bond donors (Lipinski definition) is 4. The highest BCUT2D eigenvalue weighted by molar-refractivity contribution is 6.05. The number of urea groups is 1. The van der Waals surface area contributed by atoms with E-state index in [1.54, 1.807) is 66.4 Å². The molecule has 4 N–H and O–H groups in total. The number of anilines is 2. The maximum atomic E-state index is 14.6. The number of carbonyl (C=O) groups excluding carboxylic acids is 4. The number of methoxy groups -OCH3 is 1. The zero-order valence-electron chi connectivity index (χ0n) is 32.4. The van der Waals surface area contributed by atoms with Gasteiger partial charge >= 0.3 is 18.3 Å². The number of nitrogens with one attached hydrogen (secondary N) is 4. The number of aromatic nitrogens is 3.